The Morgan fingerprint density at radius 3 is 2.53 bits per heavy atom. The summed E-state index contributed by atoms with van der Waals surface area (Å²) >= 11 is 0. The van der Waals surface area contributed by atoms with E-state index in [-0.39, 0.29) is 12.1 Å². The summed E-state index contributed by atoms with van der Waals surface area (Å²) < 4.78 is 0. The van der Waals surface area contributed by atoms with E-state index in [0.717, 1.165) is 17.8 Å². The van der Waals surface area contributed by atoms with Gasteiger partial charge in [-0.1, -0.05) is 12.1 Å². The predicted molar refractivity (Wildman–Crippen MR) is 59.8 cm³/mol. The van der Waals surface area contributed by atoms with Crippen LogP contribution in [-0.2, 0) is 0 Å². The SMILES string of the molecule is C[C@H](N)c1ccc(N2CCNC2=O)cc1. The van der Waals surface area contributed by atoms with Crippen LogP contribution in [0.2, 0.25) is 0 Å². The number of anilines is 1. The second-order valence-electron chi connectivity index (χ2n) is 3.76. The third kappa shape index (κ3) is 1.94. The highest BCUT2D eigenvalue weighted by Crippen LogP contribution is 2.19. The molecule has 1 saturated heterocycles. The molecule has 1 aromatic carbocycles. The van der Waals surface area contributed by atoms with Gasteiger partial charge in [-0.15, -0.1) is 0 Å². The lowest BCUT2D eigenvalue weighted by Gasteiger charge is -2.15. The molecular weight excluding hydrogens is 190 g/mol. The fraction of sp³-hybridized carbons (Fsp3) is 0.364. The first-order valence-corrected chi connectivity index (χ1v) is 5.09. The molecule has 0 aromatic heterocycles. The molecule has 0 bridgehead atoms. The molecule has 0 unspecified atom stereocenters. The first kappa shape index (κ1) is 9.98. The summed E-state index contributed by atoms with van der Waals surface area (Å²) in [6, 6.07) is 7.81. The van der Waals surface area contributed by atoms with E-state index >= 15 is 0 Å². The van der Waals surface area contributed by atoms with Crippen molar-refractivity contribution in [3.05, 3.63) is 29.8 Å². The highest BCUT2D eigenvalue weighted by molar-refractivity contribution is 5.93. The van der Waals surface area contributed by atoms with Gasteiger partial charge in [-0.05, 0) is 24.6 Å². The molecule has 4 nitrogen and oxygen atoms in total. The summed E-state index contributed by atoms with van der Waals surface area (Å²) in [5.74, 6) is 0. The van der Waals surface area contributed by atoms with Crippen LogP contribution >= 0.6 is 0 Å². The molecule has 80 valence electrons. The van der Waals surface area contributed by atoms with E-state index in [2.05, 4.69) is 5.32 Å². The quantitative estimate of drug-likeness (QED) is 0.763. The van der Waals surface area contributed by atoms with Crippen LogP contribution in [0.1, 0.15) is 18.5 Å². The van der Waals surface area contributed by atoms with Gasteiger partial charge in [-0.3, -0.25) is 4.90 Å². The number of benzene rings is 1. The van der Waals surface area contributed by atoms with Crippen molar-refractivity contribution < 1.29 is 4.79 Å². The van der Waals surface area contributed by atoms with Gasteiger partial charge in [0.1, 0.15) is 0 Å². The van der Waals surface area contributed by atoms with E-state index in [4.69, 9.17) is 5.73 Å². The van der Waals surface area contributed by atoms with Crippen molar-refractivity contribution >= 4 is 11.7 Å². The minimum absolute atomic E-state index is 0.0245. The maximum absolute atomic E-state index is 11.4. The van der Waals surface area contributed by atoms with Crippen molar-refractivity contribution in [1.29, 1.82) is 0 Å². The second-order valence-corrected chi connectivity index (χ2v) is 3.76. The summed E-state index contributed by atoms with van der Waals surface area (Å²) in [7, 11) is 0. The van der Waals surface area contributed by atoms with Crippen LogP contribution in [0.3, 0.4) is 0 Å². The number of nitrogens with one attached hydrogen (secondary N) is 1. The Morgan fingerprint density at radius 2 is 2.07 bits per heavy atom. The largest absolute Gasteiger partial charge is 0.336 e. The zero-order valence-electron chi connectivity index (χ0n) is 8.73. The van der Waals surface area contributed by atoms with Crippen molar-refractivity contribution in [2.75, 3.05) is 18.0 Å². The lowest BCUT2D eigenvalue weighted by atomic mass is 10.1. The molecule has 2 rings (SSSR count). The van der Waals surface area contributed by atoms with Gasteiger partial charge in [0.2, 0.25) is 0 Å². The molecule has 2 amide bonds. The van der Waals surface area contributed by atoms with Crippen molar-refractivity contribution in [1.82, 2.24) is 5.32 Å². The third-order valence-corrected chi connectivity index (χ3v) is 2.59. The first-order chi connectivity index (χ1) is 7.18. The molecule has 3 N–H and O–H groups in total. The van der Waals surface area contributed by atoms with Crippen molar-refractivity contribution in [2.24, 2.45) is 5.73 Å². The number of amides is 2. The molecule has 1 aromatic rings. The minimum atomic E-state index is -0.0245. The number of carbonyl (C=O) groups excluding carboxylic acids is 1. The van der Waals surface area contributed by atoms with Gasteiger partial charge in [0.15, 0.2) is 0 Å². The third-order valence-electron chi connectivity index (χ3n) is 2.59. The van der Waals surface area contributed by atoms with Gasteiger partial charge in [0, 0.05) is 24.8 Å². The van der Waals surface area contributed by atoms with E-state index in [1.807, 2.05) is 31.2 Å². The summed E-state index contributed by atoms with van der Waals surface area (Å²) in [6.07, 6.45) is 0. The topological polar surface area (TPSA) is 58.4 Å². The summed E-state index contributed by atoms with van der Waals surface area (Å²) in [5, 5.41) is 2.77. The van der Waals surface area contributed by atoms with Gasteiger partial charge >= 0.3 is 6.03 Å². The first-order valence-electron chi connectivity index (χ1n) is 5.09. The summed E-state index contributed by atoms with van der Waals surface area (Å²) in [5.41, 5.74) is 7.76. The van der Waals surface area contributed by atoms with Gasteiger partial charge in [-0.25, -0.2) is 4.79 Å². The maximum atomic E-state index is 11.4. The van der Waals surface area contributed by atoms with Gasteiger partial charge < -0.3 is 11.1 Å². The van der Waals surface area contributed by atoms with Crippen LogP contribution in [0.4, 0.5) is 10.5 Å². The molecule has 0 spiro atoms. The second kappa shape index (κ2) is 3.90. The van der Waals surface area contributed by atoms with Crippen LogP contribution in [0, 0.1) is 0 Å². The van der Waals surface area contributed by atoms with E-state index in [9.17, 15) is 4.79 Å². The van der Waals surface area contributed by atoms with Crippen molar-refractivity contribution in [2.45, 2.75) is 13.0 Å². The Kier molecular flexibility index (Phi) is 2.60. The highest BCUT2D eigenvalue weighted by Gasteiger charge is 2.20. The standard InChI is InChI=1S/C11H15N3O/c1-8(12)9-2-4-10(5-3-9)14-7-6-13-11(14)15/h2-5,8H,6-7,12H2,1H3,(H,13,15)/t8-/m0/s1. The average molecular weight is 205 g/mol. The Morgan fingerprint density at radius 1 is 1.40 bits per heavy atom. The molecule has 0 radical (unpaired) electrons. The lowest BCUT2D eigenvalue weighted by Crippen LogP contribution is -2.27. The smallest absolute Gasteiger partial charge is 0.321 e. The average Bonchev–Trinajstić information content (AvgIpc) is 2.65. The monoisotopic (exact) mass is 205 g/mol. The van der Waals surface area contributed by atoms with Crippen LogP contribution in [-0.4, -0.2) is 19.1 Å². The van der Waals surface area contributed by atoms with Crippen LogP contribution in [0.5, 0.6) is 0 Å². The predicted octanol–water partition coefficient (Wildman–Crippen LogP) is 1.24. The minimum Gasteiger partial charge on any atom is -0.336 e. The van der Waals surface area contributed by atoms with Crippen molar-refractivity contribution in [3.8, 4) is 0 Å². The zero-order chi connectivity index (χ0) is 10.8. The van der Waals surface area contributed by atoms with Gasteiger partial charge in [-0.2, -0.15) is 0 Å². The van der Waals surface area contributed by atoms with Gasteiger partial charge in [0.25, 0.3) is 0 Å². The molecule has 1 aliphatic heterocycles. The highest BCUT2D eigenvalue weighted by atomic mass is 16.2. The molecule has 0 saturated carbocycles. The molecule has 1 heterocycles. The van der Waals surface area contributed by atoms with E-state index in [0.29, 0.717) is 6.54 Å². The molecular formula is C11H15N3O. The van der Waals surface area contributed by atoms with Crippen LogP contribution < -0.4 is 16.0 Å². The van der Waals surface area contributed by atoms with Crippen LogP contribution in [0.25, 0.3) is 0 Å². The summed E-state index contributed by atoms with van der Waals surface area (Å²) in [6.45, 7) is 3.39. The Hall–Kier alpha value is -1.55. The Labute approximate surface area is 89.1 Å². The fourth-order valence-corrected chi connectivity index (χ4v) is 1.68. The Bertz CT molecular complexity index is 359. The molecule has 1 fully saturated rings. The van der Waals surface area contributed by atoms with E-state index in [1.54, 1.807) is 4.90 Å². The molecule has 15 heavy (non-hydrogen) atoms. The van der Waals surface area contributed by atoms with Crippen LogP contribution in [0.15, 0.2) is 24.3 Å². The number of hydrogen-bond acceptors (Lipinski definition) is 2. The van der Waals surface area contributed by atoms with E-state index in [1.165, 1.54) is 0 Å². The normalized spacial score (nSPS) is 17.7. The number of urea groups is 1. The molecule has 4 heteroatoms. The Balaban J connectivity index is 2.19. The van der Waals surface area contributed by atoms with Gasteiger partial charge in [0.05, 0.1) is 0 Å². The van der Waals surface area contributed by atoms with E-state index < -0.39 is 0 Å². The van der Waals surface area contributed by atoms with Crippen molar-refractivity contribution in [3.63, 3.8) is 0 Å². The summed E-state index contributed by atoms with van der Waals surface area (Å²) in [4.78, 5) is 13.1. The number of rotatable bonds is 2. The number of carbonyl (C=O) groups is 1. The number of nitrogens with zero attached hydrogens (tertiary/aromatic N) is 1. The lowest BCUT2D eigenvalue weighted by molar-refractivity contribution is 0.252. The zero-order valence-corrected chi connectivity index (χ0v) is 8.73. The maximum Gasteiger partial charge on any atom is 0.321 e. The number of hydrogen-bond donors (Lipinski definition) is 2. The molecule has 0 aliphatic carbocycles. The molecule has 1 aliphatic rings. The molecule has 1 atom stereocenters. The fourth-order valence-electron chi connectivity index (χ4n) is 1.68. The number of nitrogens with two attached hydrogens (primary N) is 1.